The van der Waals surface area contributed by atoms with Gasteiger partial charge in [0.2, 0.25) is 0 Å². The SMILES string of the molecule is CC(CNc1ncc(Br)cc1F)N(C)C1CC1. The van der Waals surface area contributed by atoms with Crippen LogP contribution in [0.4, 0.5) is 10.2 Å². The van der Waals surface area contributed by atoms with Gasteiger partial charge in [-0.25, -0.2) is 9.37 Å². The van der Waals surface area contributed by atoms with Gasteiger partial charge in [-0.05, 0) is 48.8 Å². The van der Waals surface area contributed by atoms with E-state index in [1.54, 1.807) is 6.20 Å². The second-order valence-electron chi connectivity index (χ2n) is 4.61. The molecule has 1 atom stereocenters. The van der Waals surface area contributed by atoms with Crippen molar-refractivity contribution in [1.82, 2.24) is 9.88 Å². The molecule has 5 heteroatoms. The van der Waals surface area contributed by atoms with Crippen LogP contribution in [0.5, 0.6) is 0 Å². The van der Waals surface area contributed by atoms with Crippen molar-refractivity contribution in [2.24, 2.45) is 0 Å². The molecule has 3 nitrogen and oxygen atoms in total. The third kappa shape index (κ3) is 3.39. The number of hydrogen-bond acceptors (Lipinski definition) is 3. The third-order valence-corrected chi connectivity index (χ3v) is 3.62. The Morgan fingerprint density at radius 2 is 2.35 bits per heavy atom. The van der Waals surface area contributed by atoms with Crippen molar-refractivity contribution >= 4 is 21.7 Å². The lowest BCUT2D eigenvalue weighted by atomic mass is 10.3. The number of likely N-dealkylation sites (N-methyl/N-ethyl adjacent to an activating group) is 1. The number of hydrogen-bond donors (Lipinski definition) is 1. The highest BCUT2D eigenvalue weighted by Gasteiger charge is 2.28. The molecule has 17 heavy (non-hydrogen) atoms. The van der Waals surface area contributed by atoms with Crippen molar-refractivity contribution in [3.05, 3.63) is 22.6 Å². The highest BCUT2D eigenvalue weighted by molar-refractivity contribution is 9.10. The Labute approximate surface area is 110 Å². The van der Waals surface area contributed by atoms with Crippen LogP contribution in [0.3, 0.4) is 0 Å². The normalized spacial score (nSPS) is 17.2. The lowest BCUT2D eigenvalue weighted by molar-refractivity contribution is 0.257. The van der Waals surface area contributed by atoms with Crippen molar-refractivity contribution in [3.63, 3.8) is 0 Å². The van der Waals surface area contributed by atoms with Crippen molar-refractivity contribution in [1.29, 1.82) is 0 Å². The lowest BCUT2D eigenvalue weighted by Crippen LogP contribution is -2.36. The van der Waals surface area contributed by atoms with E-state index in [0.717, 1.165) is 6.04 Å². The fraction of sp³-hybridized carbons (Fsp3) is 0.583. The molecule has 94 valence electrons. The monoisotopic (exact) mass is 301 g/mol. The van der Waals surface area contributed by atoms with Crippen LogP contribution in [-0.2, 0) is 0 Å². The summed E-state index contributed by atoms with van der Waals surface area (Å²) in [6, 6.07) is 2.52. The predicted octanol–water partition coefficient (Wildman–Crippen LogP) is 2.88. The molecule has 0 aliphatic heterocycles. The molecule has 1 fully saturated rings. The molecule has 1 saturated carbocycles. The quantitative estimate of drug-likeness (QED) is 0.906. The average molecular weight is 302 g/mol. The van der Waals surface area contributed by atoms with E-state index in [1.165, 1.54) is 18.9 Å². The standard InChI is InChI=1S/C12H17BrFN3/c1-8(17(2)10-3-4-10)6-15-12-11(14)5-9(13)7-16-12/h5,7-8,10H,3-4,6H2,1-2H3,(H,15,16). The van der Waals surface area contributed by atoms with Gasteiger partial charge >= 0.3 is 0 Å². The van der Waals surface area contributed by atoms with Gasteiger partial charge in [-0.2, -0.15) is 0 Å². The van der Waals surface area contributed by atoms with Crippen LogP contribution in [0.1, 0.15) is 19.8 Å². The molecule has 1 unspecified atom stereocenters. The summed E-state index contributed by atoms with van der Waals surface area (Å²) in [5.41, 5.74) is 0. The molecule has 1 heterocycles. The first-order valence-corrected chi connectivity index (χ1v) is 6.64. The summed E-state index contributed by atoms with van der Waals surface area (Å²) in [6.45, 7) is 2.85. The van der Waals surface area contributed by atoms with Crippen molar-refractivity contribution in [2.75, 3.05) is 18.9 Å². The first-order chi connectivity index (χ1) is 8.08. The van der Waals surface area contributed by atoms with Crippen LogP contribution in [0.25, 0.3) is 0 Å². The highest BCUT2D eigenvalue weighted by atomic mass is 79.9. The molecule has 1 N–H and O–H groups in total. The Kier molecular flexibility index (Phi) is 3.99. The molecule has 0 radical (unpaired) electrons. The number of halogens is 2. The largest absolute Gasteiger partial charge is 0.366 e. The van der Waals surface area contributed by atoms with Crippen LogP contribution in [0, 0.1) is 5.82 Å². The number of pyridine rings is 1. The van der Waals surface area contributed by atoms with Gasteiger partial charge in [-0.1, -0.05) is 0 Å². The van der Waals surface area contributed by atoms with E-state index in [1.807, 2.05) is 0 Å². The smallest absolute Gasteiger partial charge is 0.166 e. The number of anilines is 1. The molecule has 0 spiro atoms. The number of aromatic nitrogens is 1. The lowest BCUT2D eigenvalue weighted by Gasteiger charge is -2.24. The van der Waals surface area contributed by atoms with E-state index in [9.17, 15) is 4.39 Å². The average Bonchev–Trinajstić information content (AvgIpc) is 3.10. The van der Waals surface area contributed by atoms with Crippen LogP contribution in [0.2, 0.25) is 0 Å². The van der Waals surface area contributed by atoms with Gasteiger partial charge in [0.1, 0.15) is 0 Å². The Morgan fingerprint density at radius 1 is 1.65 bits per heavy atom. The van der Waals surface area contributed by atoms with Crippen LogP contribution >= 0.6 is 15.9 Å². The number of nitrogens with one attached hydrogen (secondary N) is 1. The van der Waals surface area contributed by atoms with E-state index in [2.05, 4.69) is 45.1 Å². The number of rotatable bonds is 5. The van der Waals surface area contributed by atoms with E-state index < -0.39 is 0 Å². The molecule has 0 bridgehead atoms. The topological polar surface area (TPSA) is 28.2 Å². The van der Waals surface area contributed by atoms with Crippen molar-refractivity contribution in [3.8, 4) is 0 Å². The molecule has 0 amide bonds. The minimum absolute atomic E-state index is 0.319. The second-order valence-corrected chi connectivity index (χ2v) is 5.53. The Bertz CT molecular complexity index is 395. The van der Waals surface area contributed by atoms with Gasteiger partial charge in [0.05, 0.1) is 0 Å². The van der Waals surface area contributed by atoms with Gasteiger partial charge in [0.15, 0.2) is 11.6 Å². The number of nitrogens with zero attached hydrogens (tertiary/aromatic N) is 2. The minimum Gasteiger partial charge on any atom is -0.366 e. The molecule has 0 saturated heterocycles. The van der Waals surface area contributed by atoms with Crippen molar-refractivity contribution < 1.29 is 4.39 Å². The molecular weight excluding hydrogens is 285 g/mol. The van der Waals surface area contributed by atoms with Crippen LogP contribution in [-0.4, -0.2) is 35.6 Å². The molecule has 1 aliphatic rings. The van der Waals surface area contributed by atoms with Crippen LogP contribution in [0.15, 0.2) is 16.7 Å². The van der Waals surface area contributed by atoms with E-state index in [-0.39, 0.29) is 5.82 Å². The maximum atomic E-state index is 13.5. The zero-order valence-corrected chi connectivity index (χ0v) is 11.7. The highest BCUT2D eigenvalue weighted by Crippen LogP contribution is 2.27. The van der Waals surface area contributed by atoms with Gasteiger partial charge in [0, 0.05) is 29.3 Å². The maximum absolute atomic E-state index is 13.5. The Balaban J connectivity index is 1.88. The minimum atomic E-state index is -0.319. The molecule has 1 aliphatic carbocycles. The Morgan fingerprint density at radius 3 is 2.94 bits per heavy atom. The zero-order valence-electron chi connectivity index (χ0n) is 10.1. The fourth-order valence-corrected chi connectivity index (χ4v) is 2.08. The van der Waals surface area contributed by atoms with Crippen molar-refractivity contribution in [2.45, 2.75) is 31.8 Å². The fourth-order valence-electron chi connectivity index (χ4n) is 1.77. The zero-order chi connectivity index (χ0) is 12.4. The maximum Gasteiger partial charge on any atom is 0.166 e. The van der Waals surface area contributed by atoms with E-state index >= 15 is 0 Å². The van der Waals surface area contributed by atoms with Gasteiger partial charge in [0.25, 0.3) is 0 Å². The van der Waals surface area contributed by atoms with Gasteiger partial charge in [-0.15, -0.1) is 0 Å². The van der Waals surface area contributed by atoms with Gasteiger partial charge < -0.3 is 5.32 Å². The summed E-state index contributed by atoms with van der Waals surface area (Å²) in [7, 11) is 2.12. The molecule has 1 aromatic heterocycles. The summed E-state index contributed by atoms with van der Waals surface area (Å²) >= 11 is 3.19. The summed E-state index contributed by atoms with van der Waals surface area (Å²) in [5.74, 6) is 0.00453. The summed E-state index contributed by atoms with van der Waals surface area (Å²) < 4.78 is 14.2. The molecule has 2 rings (SSSR count). The van der Waals surface area contributed by atoms with Crippen LogP contribution < -0.4 is 5.32 Å². The predicted molar refractivity (Wildman–Crippen MR) is 70.6 cm³/mol. The summed E-state index contributed by atoms with van der Waals surface area (Å²) in [6.07, 6.45) is 4.16. The molecule has 0 aromatic carbocycles. The third-order valence-electron chi connectivity index (χ3n) is 3.19. The first-order valence-electron chi connectivity index (χ1n) is 5.85. The second kappa shape index (κ2) is 5.31. The first kappa shape index (κ1) is 12.8. The van der Waals surface area contributed by atoms with Gasteiger partial charge in [-0.3, -0.25) is 4.90 Å². The Hall–Kier alpha value is -0.680. The molecule has 1 aromatic rings. The van der Waals surface area contributed by atoms with E-state index in [4.69, 9.17) is 0 Å². The summed E-state index contributed by atoms with van der Waals surface area (Å²) in [5, 5.41) is 3.05. The summed E-state index contributed by atoms with van der Waals surface area (Å²) in [4.78, 5) is 6.36. The molecular formula is C12H17BrFN3. The van der Waals surface area contributed by atoms with E-state index in [0.29, 0.717) is 22.9 Å².